The third-order valence-electron chi connectivity index (χ3n) is 2.14. The number of fused-ring (bicyclic) bond motifs is 1. The molecule has 0 amide bonds. The third kappa shape index (κ3) is 1.79. The Morgan fingerprint density at radius 2 is 1.86 bits per heavy atom. The number of nitrogens with zero attached hydrogens (tertiary/aromatic N) is 2. The van der Waals surface area contributed by atoms with Crippen LogP contribution in [-0.2, 0) is 6.54 Å². The molecule has 0 spiro atoms. The molecular weight excluding hydrogens is 172 g/mol. The van der Waals surface area contributed by atoms with Crippen molar-refractivity contribution in [3.63, 3.8) is 0 Å². The average molecular weight is 190 g/mol. The molecule has 0 saturated carbocycles. The normalized spacial score (nSPS) is 9.71. The Hall–Kier alpha value is -1.31. The number of para-hydroxylation sites is 1. The second-order valence-electron chi connectivity index (χ2n) is 2.92. The van der Waals surface area contributed by atoms with Gasteiger partial charge in [0.1, 0.15) is 0 Å². The molecule has 1 aromatic heterocycles. The molecule has 0 aliphatic rings. The summed E-state index contributed by atoms with van der Waals surface area (Å²) in [5, 5.41) is 5.69. The van der Waals surface area contributed by atoms with Crippen molar-refractivity contribution >= 4 is 10.9 Å². The number of aryl methyl sites for hydroxylation is 2. The molecular formula is C12H18N2. The lowest BCUT2D eigenvalue weighted by Crippen LogP contribution is -1.95. The second-order valence-corrected chi connectivity index (χ2v) is 2.92. The van der Waals surface area contributed by atoms with Crippen LogP contribution in [0.2, 0.25) is 0 Å². The van der Waals surface area contributed by atoms with E-state index in [4.69, 9.17) is 0 Å². The van der Waals surface area contributed by atoms with E-state index in [0.29, 0.717) is 0 Å². The smallest absolute Gasteiger partial charge is 0.0685 e. The highest BCUT2D eigenvalue weighted by atomic mass is 15.3. The highest BCUT2D eigenvalue weighted by Gasteiger charge is 2.02. The molecule has 0 aliphatic carbocycles. The van der Waals surface area contributed by atoms with Crippen LogP contribution >= 0.6 is 0 Å². The minimum Gasteiger partial charge on any atom is -0.265 e. The van der Waals surface area contributed by atoms with E-state index >= 15 is 0 Å². The lowest BCUT2D eigenvalue weighted by molar-refractivity contribution is 0.676. The van der Waals surface area contributed by atoms with Crippen molar-refractivity contribution in [3.8, 4) is 0 Å². The first kappa shape index (κ1) is 10.8. The van der Waals surface area contributed by atoms with Gasteiger partial charge in [-0.25, -0.2) is 0 Å². The summed E-state index contributed by atoms with van der Waals surface area (Å²) in [5.74, 6) is 0. The summed E-state index contributed by atoms with van der Waals surface area (Å²) in [6.07, 6.45) is 0. The number of benzene rings is 1. The summed E-state index contributed by atoms with van der Waals surface area (Å²) in [6, 6.07) is 8.33. The second kappa shape index (κ2) is 4.80. The molecule has 0 fully saturated rings. The molecule has 2 rings (SSSR count). The third-order valence-corrected chi connectivity index (χ3v) is 2.14. The first-order chi connectivity index (χ1) is 6.83. The van der Waals surface area contributed by atoms with Gasteiger partial charge in [-0.3, -0.25) is 4.68 Å². The maximum atomic E-state index is 4.42. The van der Waals surface area contributed by atoms with Crippen LogP contribution in [-0.4, -0.2) is 9.78 Å². The Kier molecular flexibility index (Phi) is 3.69. The van der Waals surface area contributed by atoms with Crippen LogP contribution in [0.1, 0.15) is 26.5 Å². The van der Waals surface area contributed by atoms with Gasteiger partial charge in [0.05, 0.1) is 11.2 Å². The summed E-state index contributed by atoms with van der Waals surface area (Å²) in [4.78, 5) is 0. The molecule has 76 valence electrons. The van der Waals surface area contributed by atoms with Crippen molar-refractivity contribution < 1.29 is 0 Å². The van der Waals surface area contributed by atoms with Gasteiger partial charge in [-0.05, 0) is 19.9 Å². The van der Waals surface area contributed by atoms with Crippen molar-refractivity contribution in [2.75, 3.05) is 0 Å². The van der Waals surface area contributed by atoms with E-state index in [1.165, 1.54) is 10.9 Å². The molecule has 0 atom stereocenters. The van der Waals surface area contributed by atoms with Gasteiger partial charge in [0.2, 0.25) is 0 Å². The molecule has 1 aromatic carbocycles. The molecule has 0 N–H and O–H groups in total. The molecule has 2 heteroatoms. The molecule has 2 aromatic rings. The maximum absolute atomic E-state index is 4.42. The zero-order valence-corrected chi connectivity index (χ0v) is 9.41. The van der Waals surface area contributed by atoms with Crippen LogP contribution in [0, 0.1) is 6.92 Å². The van der Waals surface area contributed by atoms with E-state index in [2.05, 4.69) is 43.2 Å². The largest absolute Gasteiger partial charge is 0.265 e. The SMILES string of the molecule is CC.CCn1nc(C)c2ccccc21. The Morgan fingerprint density at radius 1 is 1.21 bits per heavy atom. The van der Waals surface area contributed by atoms with E-state index in [1.807, 2.05) is 18.5 Å². The van der Waals surface area contributed by atoms with Crippen LogP contribution in [0.5, 0.6) is 0 Å². The van der Waals surface area contributed by atoms with Gasteiger partial charge in [-0.15, -0.1) is 0 Å². The van der Waals surface area contributed by atoms with Crippen LogP contribution in [0.15, 0.2) is 24.3 Å². The van der Waals surface area contributed by atoms with Crippen molar-refractivity contribution in [3.05, 3.63) is 30.0 Å². The standard InChI is InChI=1S/C10H12N2.C2H6/c1-3-12-10-7-5-4-6-9(10)8(2)11-12;1-2/h4-7H,3H2,1-2H3;1-2H3. The molecule has 0 aliphatic heterocycles. The van der Waals surface area contributed by atoms with Crippen LogP contribution in [0.4, 0.5) is 0 Å². The van der Waals surface area contributed by atoms with Gasteiger partial charge in [0, 0.05) is 11.9 Å². The van der Waals surface area contributed by atoms with E-state index in [9.17, 15) is 0 Å². The molecule has 0 bridgehead atoms. The molecule has 0 unspecified atom stereocenters. The van der Waals surface area contributed by atoms with E-state index in [0.717, 1.165) is 12.2 Å². The van der Waals surface area contributed by atoms with E-state index in [-0.39, 0.29) is 0 Å². The highest BCUT2D eigenvalue weighted by Crippen LogP contribution is 2.16. The number of hydrogen-bond donors (Lipinski definition) is 0. The van der Waals surface area contributed by atoms with Crippen molar-refractivity contribution in [2.24, 2.45) is 0 Å². The summed E-state index contributed by atoms with van der Waals surface area (Å²) in [7, 11) is 0. The molecule has 0 radical (unpaired) electrons. The average Bonchev–Trinajstić information content (AvgIpc) is 2.59. The maximum Gasteiger partial charge on any atom is 0.0685 e. The fourth-order valence-corrected chi connectivity index (χ4v) is 1.53. The van der Waals surface area contributed by atoms with Crippen LogP contribution < -0.4 is 0 Å². The van der Waals surface area contributed by atoms with Crippen LogP contribution in [0.3, 0.4) is 0 Å². The summed E-state index contributed by atoms with van der Waals surface area (Å²) in [6.45, 7) is 9.10. The number of rotatable bonds is 1. The van der Waals surface area contributed by atoms with Crippen molar-refractivity contribution in [1.29, 1.82) is 0 Å². The van der Waals surface area contributed by atoms with Crippen molar-refractivity contribution in [1.82, 2.24) is 9.78 Å². The zero-order valence-electron chi connectivity index (χ0n) is 9.41. The van der Waals surface area contributed by atoms with E-state index < -0.39 is 0 Å². The Balaban J connectivity index is 0.000000461. The van der Waals surface area contributed by atoms with E-state index in [1.54, 1.807) is 0 Å². The Morgan fingerprint density at radius 3 is 2.50 bits per heavy atom. The molecule has 0 saturated heterocycles. The minimum atomic E-state index is 0.939. The van der Waals surface area contributed by atoms with Gasteiger partial charge in [-0.1, -0.05) is 32.0 Å². The summed E-state index contributed by atoms with van der Waals surface area (Å²) >= 11 is 0. The van der Waals surface area contributed by atoms with Crippen LogP contribution in [0.25, 0.3) is 10.9 Å². The van der Waals surface area contributed by atoms with Gasteiger partial charge in [0.25, 0.3) is 0 Å². The van der Waals surface area contributed by atoms with Gasteiger partial charge >= 0.3 is 0 Å². The Labute approximate surface area is 85.6 Å². The summed E-state index contributed by atoms with van der Waals surface area (Å²) < 4.78 is 2.03. The molecule has 1 heterocycles. The first-order valence-corrected chi connectivity index (χ1v) is 5.25. The Bertz CT molecular complexity index is 402. The predicted molar refractivity (Wildman–Crippen MR) is 61.5 cm³/mol. The quantitative estimate of drug-likeness (QED) is 0.674. The predicted octanol–water partition coefficient (Wildman–Crippen LogP) is 3.39. The van der Waals surface area contributed by atoms with Crippen molar-refractivity contribution in [2.45, 2.75) is 34.2 Å². The first-order valence-electron chi connectivity index (χ1n) is 5.25. The lowest BCUT2D eigenvalue weighted by Gasteiger charge is -1.95. The monoisotopic (exact) mass is 190 g/mol. The zero-order chi connectivity index (χ0) is 10.6. The fraction of sp³-hybridized carbons (Fsp3) is 0.417. The topological polar surface area (TPSA) is 17.8 Å². The molecule has 2 nitrogen and oxygen atoms in total. The molecule has 14 heavy (non-hydrogen) atoms. The lowest BCUT2D eigenvalue weighted by atomic mass is 10.2. The number of hydrogen-bond acceptors (Lipinski definition) is 1. The van der Waals surface area contributed by atoms with Gasteiger partial charge < -0.3 is 0 Å². The minimum absolute atomic E-state index is 0.939. The fourth-order valence-electron chi connectivity index (χ4n) is 1.53. The van der Waals surface area contributed by atoms with Gasteiger partial charge in [0.15, 0.2) is 0 Å². The summed E-state index contributed by atoms with van der Waals surface area (Å²) in [5.41, 5.74) is 2.35. The highest BCUT2D eigenvalue weighted by molar-refractivity contribution is 5.81. The number of aromatic nitrogens is 2. The van der Waals surface area contributed by atoms with Gasteiger partial charge in [-0.2, -0.15) is 5.10 Å².